The molecular formula is C13H11NO6. The summed E-state index contributed by atoms with van der Waals surface area (Å²) >= 11 is 0. The zero-order chi connectivity index (χ0) is 14.9. The lowest BCUT2D eigenvalue weighted by Crippen LogP contribution is -2.34. The largest absolute Gasteiger partial charge is 0.481 e. The van der Waals surface area contributed by atoms with Crippen LogP contribution in [0.5, 0.6) is 0 Å². The Hall–Kier alpha value is -2.70. The summed E-state index contributed by atoms with van der Waals surface area (Å²) < 4.78 is 0. The fraction of sp³-hybridized carbons (Fsp3) is 0.231. The van der Waals surface area contributed by atoms with Gasteiger partial charge in [0, 0.05) is 6.42 Å². The first-order chi connectivity index (χ1) is 9.40. The van der Waals surface area contributed by atoms with Crippen molar-refractivity contribution < 1.29 is 29.4 Å². The van der Waals surface area contributed by atoms with Gasteiger partial charge in [-0.05, 0) is 24.1 Å². The Labute approximate surface area is 113 Å². The van der Waals surface area contributed by atoms with Gasteiger partial charge in [0.25, 0.3) is 11.8 Å². The van der Waals surface area contributed by atoms with Crippen molar-refractivity contribution in [1.29, 1.82) is 0 Å². The molecule has 1 aromatic rings. The highest BCUT2D eigenvalue weighted by Gasteiger charge is 2.36. The zero-order valence-corrected chi connectivity index (χ0v) is 10.3. The Kier molecular flexibility index (Phi) is 3.51. The molecule has 0 aliphatic carbocycles. The normalized spacial score (nSPS) is 13.5. The Morgan fingerprint density at radius 2 is 1.65 bits per heavy atom. The van der Waals surface area contributed by atoms with Gasteiger partial charge in [0.05, 0.1) is 11.1 Å². The van der Waals surface area contributed by atoms with E-state index in [9.17, 15) is 19.2 Å². The highest BCUT2D eigenvalue weighted by Crippen LogP contribution is 2.24. The average molecular weight is 277 g/mol. The molecule has 0 saturated heterocycles. The first-order valence-electron chi connectivity index (χ1n) is 5.83. The molecule has 1 aliphatic heterocycles. The van der Waals surface area contributed by atoms with Crippen molar-refractivity contribution >= 4 is 23.8 Å². The third-order valence-electron chi connectivity index (χ3n) is 2.96. The smallest absolute Gasteiger partial charge is 0.323 e. The lowest BCUT2D eigenvalue weighted by molar-refractivity contribution is -0.138. The number of carbonyl (C=O) groups is 4. The Morgan fingerprint density at radius 1 is 1.00 bits per heavy atom. The van der Waals surface area contributed by atoms with Crippen molar-refractivity contribution in [3.63, 3.8) is 0 Å². The van der Waals surface area contributed by atoms with Gasteiger partial charge in [0.2, 0.25) is 0 Å². The van der Waals surface area contributed by atoms with Gasteiger partial charge in [0.15, 0.2) is 0 Å². The number of rotatable bonds is 5. The van der Waals surface area contributed by atoms with Crippen LogP contribution in [0.1, 0.15) is 32.7 Å². The van der Waals surface area contributed by atoms with E-state index in [1.165, 1.54) is 12.1 Å². The maximum atomic E-state index is 12.0. The van der Waals surface area contributed by atoms with Gasteiger partial charge >= 0.3 is 11.9 Å². The minimum absolute atomic E-state index is 0.0836. The lowest BCUT2D eigenvalue weighted by Gasteiger charge is -2.09. The van der Waals surface area contributed by atoms with Crippen molar-refractivity contribution in [3.05, 3.63) is 34.9 Å². The van der Waals surface area contributed by atoms with Crippen molar-refractivity contribution in [2.24, 2.45) is 0 Å². The monoisotopic (exact) mass is 277 g/mol. The van der Waals surface area contributed by atoms with Gasteiger partial charge in [-0.3, -0.25) is 24.1 Å². The number of amides is 2. The van der Waals surface area contributed by atoms with Crippen LogP contribution in [0.15, 0.2) is 18.2 Å². The van der Waals surface area contributed by atoms with E-state index in [1.54, 1.807) is 6.07 Å². The number of hydrogen-bond donors (Lipinski definition) is 2. The van der Waals surface area contributed by atoms with Crippen LogP contribution in [-0.4, -0.2) is 45.4 Å². The maximum Gasteiger partial charge on any atom is 0.323 e. The van der Waals surface area contributed by atoms with Gasteiger partial charge < -0.3 is 10.2 Å². The molecule has 2 amide bonds. The molecule has 0 atom stereocenters. The zero-order valence-electron chi connectivity index (χ0n) is 10.3. The number of nitrogens with zero attached hydrogens (tertiary/aromatic N) is 1. The minimum atomic E-state index is -1.27. The molecule has 20 heavy (non-hydrogen) atoms. The molecule has 7 nitrogen and oxygen atoms in total. The third kappa shape index (κ3) is 2.51. The predicted molar refractivity (Wildman–Crippen MR) is 65.4 cm³/mol. The number of hydrogen-bond acceptors (Lipinski definition) is 4. The summed E-state index contributed by atoms with van der Waals surface area (Å²) in [7, 11) is 0. The first-order valence-corrected chi connectivity index (χ1v) is 5.83. The topological polar surface area (TPSA) is 112 Å². The molecule has 7 heteroatoms. The van der Waals surface area contributed by atoms with Crippen LogP contribution in [0.4, 0.5) is 0 Å². The van der Waals surface area contributed by atoms with Gasteiger partial charge in [-0.25, -0.2) is 0 Å². The average Bonchev–Trinajstić information content (AvgIpc) is 2.61. The van der Waals surface area contributed by atoms with Crippen molar-refractivity contribution in [1.82, 2.24) is 4.90 Å². The van der Waals surface area contributed by atoms with Gasteiger partial charge in [-0.15, -0.1) is 0 Å². The number of imide groups is 1. The molecule has 1 aliphatic rings. The molecule has 1 aromatic carbocycles. The molecule has 104 valence electrons. The highest BCUT2D eigenvalue weighted by atomic mass is 16.4. The second-order valence-corrected chi connectivity index (χ2v) is 4.36. The molecule has 0 saturated carbocycles. The molecule has 1 heterocycles. The number of carboxylic acids is 2. The SMILES string of the molecule is O=C(O)CCc1ccc2c(c1)C(=O)N(CC(=O)O)C2=O. The maximum absolute atomic E-state index is 12.0. The predicted octanol–water partition coefficient (Wildman–Crippen LogP) is 0.384. The fourth-order valence-electron chi connectivity index (χ4n) is 2.02. The van der Waals surface area contributed by atoms with Gasteiger partial charge in [-0.2, -0.15) is 0 Å². The van der Waals surface area contributed by atoms with Crippen LogP contribution in [0.25, 0.3) is 0 Å². The third-order valence-corrected chi connectivity index (χ3v) is 2.96. The highest BCUT2D eigenvalue weighted by molar-refractivity contribution is 6.22. The second kappa shape index (κ2) is 5.12. The van der Waals surface area contributed by atoms with E-state index >= 15 is 0 Å². The molecule has 0 aromatic heterocycles. The molecule has 0 bridgehead atoms. The summed E-state index contributed by atoms with van der Waals surface area (Å²) in [5.41, 5.74) is 0.888. The lowest BCUT2D eigenvalue weighted by atomic mass is 10.0. The van der Waals surface area contributed by atoms with E-state index in [-0.39, 0.29) is 24.0 Å². The van der Waals surface area contributed by atoms with Crippen LogP contribution in [-0.2, 0) is 16.0 Å². The number of carbonyl (C=O) groups excluding carboxylic acids is 2. The van der Waals surface area contributed by atoms with Crippen LogP contribution >= 0.6 is 0 Å². The van der Waals surface area contributed by atoms with Crippen LogP contribution in [0.2, 0.25) is 0 Å². The minimum Gasteiger partial charge on any atom is -0.481 e. The summed E-state index contributed by atoms with van der Waals surface area (Å²) in [5, 5.41) is 17.3. The molecule has 0 radical (unpaired) electrons. The molecule has 0 unspecified atom stereocenters. The van der Waals surface area contributed by atoms with E-state index in [2.05, 4.69) is 0 Å². The number of aliphatic carboxylic acids is 2. The summed E-state index contributed by atoms with van der Waals surface area (Å²) in [6.07, 6.45) is 0.156. The molecule has 2 rings (SSSR count). The Bertz CT molecular complexity index is 621. The van der Waals surface area contributed by atoms with E-state index in [1.807, 2.05) is 0 Å². The summed E-state index contributed by atoms with van der Waals surface area (Å²) in [5.74, 6) is -3.53. The van der Waals surface area contributed by atoms with E-state index < -0.39 is 30.3 Å². The Balaban J connectivity index is 2.27. The quantitative estimate of drug-likeness (QED) is 0.753. The summed E-state index contributed by atoms with van der Waals surface area (Å²) in [6, 6.07) is 4.44. The van der Waals surface area contributed by atoms with Gasteiger partial charge in [0.1, 0.15) is 6.54 Å². The number of aryl methyl sites for hydroxylation is 1. The number of carboxylic acid groups (broad SMARTS) is 2. The standard InChI is InChI=1S/C13H11NO6/c15-10(16)4-2-7-1-3-8-9(5-7)13(20)14(12(8)19)6-11(17)18/h1,3,5H,2,4,6H2,(H,15,16)(H,17,18). The van der Waals surface area contributed by atoms with Crippen molar-refractivity contribution in [2.45, 2.75) is 12.8 Å². The van der Waals surface area contributed by atoms with Crippen molar-refractivity contribution in [2.75, 3.05) is 6.54 Å². The second-order valence-electron chi connectivity index (χ2n) is 4.36. The van der Waals surface area contributed by atoms with Crippen LogP contribution < -0.4 is 0 Å². The Morgan fingerprint density at radius 3 is 2.25 bits per heavy atom. The number of benzene rings is 1. The van der Waals surface area contributed by atoms with Crippen molar-refractivity contribution in [3.8, 4) is 0 Å². The van der Waals surface area contributed by atoms with E-state index in [0.29, 0.717) is 10.5 Å². The molecule has 2 N–H and O–H groups in total. The molecule has 0 spiro atoms. The summed E-state index contributed by atoms with van der Waals surface area (Å²) in [6.45, 7) is -0.684. The van der Waals surface area contributed by atoms with Crippen LogP contribution in [0.3, 0.4) is 0 Å². The molecule has 0 fully saturated rings. The van der Waals surface area contributed by atoms with Crippen LogP contribution in [0, 0.1) is 0 Å². The fourth-order valence-corrected chi connectivity index (χ4v) is 2.02. The summed E-state index contributed by atoms with van der Waals surface area (Å²) in [4.78, 5) is 45.6. The molecular weight excluding hydrogens is 266 g/mol. The van der Waals surface area contributed by atoms with E-state index in [0.717, 1.165) is 0 Å². The van der Waals surface area contributed by atoms with E-state index in [4.69, 9.17) is 10.2 Å². The van der Waals surface area contributed by atoms with Gasteiger partial charge in [-0.1, -0.05) is 6.07 Å². The first kappa shape index (κ1) is 13.7. The number of fused-ring (bicyclic) bond motifs is 1.